The van der Waals surface area contributed by atoms with E-state index in [1.807, 2.05) is 0 Å². The second-order valence-electron chi connectivity index (χ2n) is 5.67. The number of amides is 1. The second kappa shape index (κ2) is 4.94. The summed E-state index contributed by atoms with van der Waals surface area (Å²) in [4.78, 5) is 16.7. The van der Waals surface area contributed by atoms with Gasteiger partial charge in [0.15, 0.2) is 0 Å². The molecule has 4 nitrogen and oxygen atoms in total. The van der Waals surface area contributed by atoms with E-state index in [4.69, 9.17) is 0 Å². The highest BCUT2D eigenvalue weighted by Gasteiger charge is 2.36. The van der Waals surface area contributed by atoms with Gasteiger partial charge in [-0.3, -0.25) is 9.69 Å². The van der Waals surface area contributed by atoms with Crippen LogP contribution in [0, 0.1) is 0 Å². The van der Waals surface area contributed by atoms with Crippen molar-refractivity contribution in [1.29, 1.82) is 0 Å². The topological polar surface area (TPSA) is 35.6 Å². The molecule has 96 valence electrons. The van der Waals surface area contributed by atoms with Gasteiger partial charge in [-0.1, -0.05) is 19.3 Å². The number of nitrogens with one attached hydrogen (secondary N) is 1. The van der Waals surface area contributed by atoms with Crippen molar-refractivity contribution in [1.82, 2.24) is 15.1 Å². The van der Waals surface area contributed by atoms with Crippen LogP contribution in [0.4, 0.5) is 0 Å². The van der Waals surface area contributed by atoms with E-state index in [0.717, 1.165) is 26.2 Å². The minimum atomic E-state index is 0.355. The molecule has 3 rings (SSSR count). The summed E-state index contributed by atoms with van der Waals surface area (Å²) in [6.07, 6.45) is 6.68. The van der Waals surface area contributed by atoms with Crippen molar-refractivity contribution in [3.63, 3.8) is 0 Å². The summed E-state index contributed by atoms with van der Waals surface area (Å²) in [7, 11) is 0. The Bertz CT molecular complexity index is 288. The Morgan fingerprint density at radius 3 is 2.76 bits per heavy atom. The van der Waals surface area contributed by atoms with Gasteiger partial charge in [-0.2, -0.15) is 0 Å². The molecule has 1 saturated carbocycles. The van der Waals surface area contributed by atoms with Gasteiger partial charge in [0.05, 0.1) is 12.6 Å². The van der Waals surface area contributed by atoms with Crippen LogP contribution in [0.3, 0.4) is 0 Å². The Hall–Kier alpha value is -0.610. The van der Waals surface area contributed by atoms with Crippen LogP contribution in [0.15, 0.2) is 0 Å². The first kappa shape index (κ1) is 11.5. The molecule has 1 amide bonds. The third-order valence-electron chi connectivity index (χ3n) is 4.55. The van der Waals surface area contributed by atoms with E-state index >= 15 is 0 Å². The summed E-state index contributed by atoms with van der Waals surface area (Å²) < 4.78 is 0. The number of rotatable bonds is 1. The zero-order chi connectivity index (χ0) is 11.7. The summed E-state index contributed by atoms with van der Waals surface area (Å²) >= 11 is 0. The van der Waals surface area contributed by atoms with Gasteiger partial charge in [0.1, 0.15) is 0 Å². The van der Waals surface area contributed by atoms with Gasteiger partial charge in [0.25, 0.3) is 0 Å². The number of piperazine rings is 2. The number of fused-ring (bicyclic) bond motifs is 1. The van der Waals surface area contributed by atoms with E-state index in [-0.39, 0.29) is 0 Å². The highest BCUT2D eigenvalue weighted by atomic mass is 16.2. The van der Waals surface area contributed by atoms with E-state index in [1.54, 1.807) is 0 Å². The number of carbonyl (C=O) groups excluding carboxylic acids is 1. The Balaban J connectivity index is 1.65. The standard InChI is InChI=1S/C13H23N3O/c17-13-10-15(11-4-2-1-3-5-11)9-12-8-14-6-7-16(12)13/h11-12,14H,1-10H2. The molecule has 0 aromatic carbocycles. The van der Waals surface area contributed by atoms with Gasteiger partial charge in [0.2, 0.25) is 5.91 Å². The third kappa shape index (κ3) is 2.33. The van der Waals surface area contributed by atoms with E-state index in [1.165, 1.54) is 32.1 Å². The maximum absolute atomic E-state index is 12.1. The molecular formula is C13H23N3O. The molecule has 0 aromatic rings. The van der Waals surface area contributed by atoms with Gasteiger partial charge in [-0.25, -0.2) is 0 Å². The fourth-order valence-corrected chi connectivity index (χ4v) is 3.58. The van der Waals surface area contributed by atoms with Crippen molar-refractivity contribution in [3.8, 4) is 0 Å². The molecule has 0 spiro atoms. The van der Waals surface area contributed by atoms with Gasteiger partial charge in [-0.05, 0) is 12.8 Å². The lowest BCUT2D eigenvalue weighted by Crippen LogP contribution is -2.65. The van der Waals surface area contributed by atoms with Crippen LogP contribution in [-0.2, 0) is 4.79 Å². The average Bonchev–Trinajstić information content (AvgIpc) is 2.40. The molecule has 0 bridgehead atoms. The van der Waals surface area contributed by atoms with Crippen LogP contribution in [0.2, 0.25) is 0 Å². The minimum absolute atomic E-state index is 0.355. The van der Waals surface area contributed by atoms with E-state index in [9.17, 15) is 4.79 Å². The quantitative estimate of drug-likeness (QED) is 0.718. The second-order valence-corrected chi connectivity index (χ2v) is 5.67. The van der Waals surface area contributed by atoms with Crippen LogP contribution in [-0.4, -0.2) is 60.5 Å². The summed E-state index contributed by atoms with van der Waals surface area (Å²) in [6, 6.07) is 1.10. The molecule has 1 aliphatic carbocycles. The first-order chi connectivity index (χ1) is 8.34. The first-order valence-corrected chi connectivity index (χ1v) is 7.09. The minimum Gasteiger partial charge on any atom is -0.335 e. The van der Waals surface area contributed by atoms with Crippen LogP contribution in [0.5, 0.6) is 0 Å². The van der Waals surface area contributed by atoms with Crippen molar-refractivity contribution < 1.29 is 4.79 Å². The van der Waals surface area contributed by atoms with Crippen LogP contribution < -0.4 is 5.32 Å². The van der Waals surface area contributed by atoms with Gasteiger partial charge in [-0.15, -0.1) is 0 Å². The summed E-state index contributed by atoms with van der Waals surface area (Å²) in [6.45, 7) is 4.60. The molecule has 0 radical (unpaired) electrons. The van der Waals surface area contributed by atoms with Crippen LogP contribution >= 0.6 is 0 Å². The molecule has 1 atom stereocenters. The number of carbonyl (C=O) groups is 1. The zero-order valence-electron chi connectivity index (χ0n) is 10.5. The molecule has 3 fully saturated rings. The molecule has 1 N–H and O–H groups in total. The summed E-state index contributed by atoms with van der Waals surface area (Å²) in [5, 5.41) is 3.41. The monoisotopic (exact) mass is 237 g/mol. The van der Waals surface area contributed by atoms with Crippen LogP contribution in [0.1, 0.15) is 32.1 Å². The van der Waals surface area contributed by atoms with Gasteiger partial charge < -0.3 is 10.2 Å². The predicted octanol–water partition coefficient (Wildman–Crippen LogP) is 0.435. The molecular weight excluding hydrogens is 214 g/mol. The molecule has 2 heterocycles. The number of hydrogen-bond acceptors (Lipinski definition) is 3. The Kier molecular flexibility index (Phi) is 3.34. The molecule has 17 heavy (non-hydrogen) atoms. The van der Waals surface area contributed by atoms with E-state index in [0.29, 0.717) is 24.5 Å². The molecule has 0 aromatic heterocycles. The van der Waals surface area contributed by atoms with Gasteiger partial charge in [0, 0.05) is 32.2 Å². The van der Waals surface area contributed by atoms with Crippen molar-refractivity contribution in [2.75, 3.05) is 32.7 Å². The smallest absolute Gasteiger partial charge is 0.237 e. The lowest BCUT2D eigenvalue weighted by Gasteiger charge is -2.47. The van der Waals surface area contributed by atoms with Crippen molar-refractivity contribution >= 4 is 5.91 Å². The zero-order valence-corrected chi connectivity index (χ0v) is 10.5. The maximum atomic E-state index is 12.1. The maximum Gasteiger partial charge on any atom is 0.237 e. The van der Waals surface area contributed by atoms with Crippen LogP contribution in [0.25, 0.3) is 0 Å². The highest BCUT2D eigenvalue weighted by molar-refractivity contribution is 5.79. The van der Waals surface area contributed by atoms with E-state index < -0.39 is 0 Å². The largest absolute Gasteiger partial charge is 0.335 e. The molecule has 4 heteroatoms. The fraction of sp³-hybridized carbons (Fsp3) is 0.923. The molecule has 2 saturated heterocycles. The van der Waals surface area contributed by atoms with Gasteiger partial charge >= 0.3 is 0 Å². The average molecular weight is 237 g/mol. The summed E-state index contributed by atoms with van der Waals surface area (Å²) in [5.41, 5.74) is 0. The van der Waals surface area contributed by atoms with E-state index in [2.05, 4.69) is 15.1 Å². The third-order valence-corrected chi connectivity index (χ3v) is 4.55. The Morgan fingerprint density at radius 2 is 1.94 bits per heavy atom. The first-order valence-electron chi connectivity index (χ1n) is 7.09. The lowest BCUT2D eigenvalue weighted by molar-refractivity contribution is -0.142. The number of nitrogens with zero attached hydrogens (tertiary/aromatic N) is 2. The molecule has 2 aliphatic heterocycles. The predicted molar refractivity (Wildman–Crippen MR) is 66.8 cm³/mol. The van der Waals surface area contributed by atoms with Crippen molar-refractivity contribution in [2.24, 2.45) is 0 Å². The highest BCUT2D eigenvalue weighted by Crippen LogP contribution is 2.25. The van der Waals surface area contributed by atoms with Crippen molar-refractivity contribution in [2.45, 2.75) is 44.2 Å². The lowest BCUT2D eigenvalue weighted by atomic mass is 9.93. The SMILES string of the molecule is O=C1CN(C2CCCCC2)CC2CNCCN12. The Labute approximate surface area is 103 Å². The summed E-state index contributed by atoms with van der Waals surface area (Å²) in [5.74, 6) is 0.355. The number of hydrogen-bond donors (Lipinski definition) is 1. The molecule has 1 unspecified atom stereocenters. The normalized spacial score (nSPS) is 32.6. The van der Waals surface area contributed by atoms with Crippen molar-refractivity contribution in [3.05, 3.63) is 0 Å². The fourth-order valence-electron chi connectivity index (χ4n) is 3.58. The molecule has 3 aliphatic rings. The Morgan fingerprint density at radius 1 is 1.12 bits per heavy atom.